The summed E-state index contributed by atoms with van der Waals surface area (Å²) in [7, 11) is -4.32. The number of ether oxygens (including phenoxy) is 2. The smallest absolute Gasteiger partial charge is 0.462 e. The van der Waals surface area contributed by atoms with E-state index in [0.29, 0.717) is 6.42 Å². The van der Waals surface area contributed by atoms with Crippen LogP contribution in [0.2, 0.25) is 0 Å². The first-order valence-electron chi connectivity index (χ1n) is 11.0. The molecule has 0 fully saturated rings. The summed E-state index contributed by atoms with van der Waals surface area (Å²) >= 11 is 0. The van der Waals surface area contributed by atoms with Gasteiger partial charge in [0.1, 0.15) is 6.61 Å². The highest BCUT2D eigenvalue weighted by molar-refractivity contribution is 7.47. The standard InChI is InChI=1S/C20H40NO8P/c1-3-5-7-9-11-13-20(23)29-18(17-28-30(24,25)27-15-14-21)16-26-19(22)12-10-8-6-4-2/h18H,3-17,21H2,1-2H3,(H,24,25). The van der Waals surface area contributed by atoms with Crippen molar-refractivity contribution in [3.05, 3.63) is 0 Å². The van der Waals surface area contributed by atoms with Gasteiger partial charge in [0.2, 0.25) is 0 Å². The molecule has 0 aliphatic rings. The molecule has 0 aromatic rings. The van der Waals surface area contributed by atoms with Crippen molar-refractivity contribution in [1.82, 2.24) is 0 Å². The zero-order chi connectivity index (χ0) is 22.7. The van der Waals surface area contributed by atoms with Crippen LogP contribution in [0.1, 0.15) is 84.5 Å². The van der Waals surface area contributed by atoms with Crippen LogP contribution in [0, 0.1) is 0 Å². The van der Waals surface area contributed by atoms with Crippen molar-refractivity contribution >= 4 is 19.8 Å². The Morgan fingerprint density at radius 2 is 1.43 bits per heavy atom. The molecule has 0 saturated carbocycles. The lowest BCUT2D eigenvalue weighted by Crippen LogP contribution is -2.29. The van der Waals surface area contributed by atoms with E-state index in [1.807, 2.05) is 0 Å². The Kier molecular flexibility index (Phi) is 18.1. The number of unbranched alkanes of at least 4 members (excludes halogenated alkanes) is 7. The van der Waals surface area contributed by atoms with Gasteiger partial charge in [0, 0.05) is 19.4 Å². The highest BCUT2D eigenvalue weighted by atomic mass is 31.2. The van der Waals surface area contributed by atoms with Gasteiger partial charge in [0.05, 0.1) is 13.2 Å². The van der Waals surface area contributed by atoms with Crippen LogP contribution in [0.3, 0.4) is 0 Å². The number of phosphoric acid groups is 1. The molecule has 0 radical (unpaired) electrons. The van der Waals surface area contributed by atoms with Crippen LogP contribution >= 0.6 is 7.82 Å². The third kappa shape index (κ3) is 17.8. The first-order chi connectivity index (χ1) is 14.3. The molecule has 178 valence electrons. The molecule has 2 unspecified atom stereocenters. The molecule has 0 heterocycles. The van der Waals surface area contributed by atoms with Gasteiger partial charge in [-0.25, -0.2) is 4.57 Å². The van der Waals surface area contributed by atoms with E-state index in [2.05, 4.69) is 18.4 Å². The van der Waals surface area contributed by atoms with Crippen LogP contribution < -0.4 is 5.73 Å². The second kappa shape index (κ2) is 18.8. The summed E-state index contributed by atoms with van der Waals surface area (Å²) in [4.78, 5) is 33.5. The van der Waals surface area contributed by atoms with Crippen LogP contribution in [0.25, 0.3) is 0 Å². The summed E-state index contributed by atoms with van der Waals surface area (Å²) in [6, 6.07) is 0. The fourth-order valence-corrected chi connectivity index (χ4v) is 3.34. The largest absolute Gasteiger partial charge is 0.472 e. The highest BCUT2D eigenvalue weighted by Crippen LogP contribution is 2.43. The van der Waals surface area contributed by atoms with Crippen molar-refractivity contribution in [2.24, 2.45) is 5.73 Å². The van der Waals surface area contributed by atoms with Gasteiger partial charge < -0.3 is 20.1 Å². The summed E-state index contributed by atoms with van der Waals surface area (Å²) in [5, 5.41) is 0. The fraction of sp³-hybridized carbons (Fsp3) is 0.900. The maximum atomic E-state index is 12.1. The number of carbonyl (C=O) groups is 2. The van der Waals surface area contributed by atoms with Gasteiger partial charge in [-0.05, 0) is 12.8 Å². The summed E-state index contributed by atoms with van der Waals surface area (Å²) in [6.45, 7) is 3.43. The second-order valence-corrected chi connectivity index (χ2v) is 8.61. The molecule has 10 heteroatoms. The molecule has 0 aliphatic carbocycles. The van der Waals surface area contributed by atoms with Crippen LogP contribution in [0.5, 0.6) is 0 Å². The van der Waals surface area contributed by atoms with Gasteiger partial charge in [-0.3, -0.25) is 18.6 Å². The minimum Gasteiger partial charge on any atom is -0.462 e. The van der Waals surface area contributed by atoms with Gasteiger partial charge in [0.15, 0.2) is 6.10 Å². The summed E-state index contributed by atoms with van der Waals surface area (Å²) in [5.41, 5.74) is 5.23. The maximum absolute atomic E-state index is 12.1. The topological polar surface area (TPSA) is 134 Å². The number of carbonyl (C=O) groups excluding carboxylic acids is 2. The van der Waals surface area contributed by atoms with Crippen LogP contribution in [-0.4, -0.2) is 49.3 Å². The Morgan fingerprint density at radius 3 is 2.03 bits per heavy atom. The van der Waals surface area contributed by atoms with Crippen molar-refractivity contribution < 1.29 is 37.6 Å². The second-order valence-electron chi connectivity index (χ2n) is 7.16. The first-order valence-corrected chi connectivity index (χ1v) is 12.5. The Hall–Kier alpha value is -0.990. The molecular formula is C20H40NO8P. The highest BCUT2D eigenvalue weighted by Gasteiger charge is 2.25. The SMILES string of the molecule is CCCCCCCC(=O)OC(COC(=O)CCCCCC)COP(=O)(O)OCCN. The normalized spacial score (nSPS) is 14.1. The van der Waals surface area contributed by atoms with E-state index in [1.165, 1.54) is 0 Å². The first kappa shape index (κ1) is 29.0. The van der Waals surface area contributed by atoms with Crippen molar-refractivity contribution in [3.8, 4) is 0 Å². The Balaban J connectivity index is 4.50. The van der Waals surface area contributed by atoms with Crippen molar-refractivity contribution in [1.29, 1.82) is 0 Å². The van der Waals surface area contributed by atoms with Gasteiger partial charge in [-0.2, -0.15) is 0 Å². The third-order valence-electron chi connectivity index (χ3n) is 4.24. The van der Waals surface area contributed by atoms with Gasteiger partial charge >= 0.3 is 19.8 Å². The molecule has 0 aliphatic heterocycles. The monoisotopic (exact) mass is 453 g/mol. The summed E-state index contributed by atoms with van der Waals surface area (Å²) < 4.78 is 31.8. The van der Waals surface area contributed by atoms with E-state index in [1.54, 1.807) is 0 Å². The number of nitrogens with two attached hydrogens (primary N) is 1. The minimum absolute atomic E-state index is 0.0556. The lowest BCUT2D eigenvalue weighted by Gasteiger charge is -2.19. The molecule has 0 amide bonds. The average Bonchev–Trinajstić information content (AvgIpc) is 2.71. The van der Waals surface area contributed by atoms with Crippen molar-refractivity contribution in [2.45, 2.75) is 90.6 Å². The van der Waals surface area contributed by atoms with E-state index in [4.69, 9.17) is 19.7 Å². The zero-order valence-electron chi connectivity index (χ0n) is 18.5. The molecule has 3 N–H and O–H groups in total. The average molecular weight is 454 g/mol. The lowest BCUT2D eigenvalue weighted by molar-refractivity contribution is -0.161. The number of rotatable bonds is 20. The van der Waals surface area contributed by atoms with Crippen molar-refractivity contribution in [2.75, 3.05) is 26.4 Å². The van der Waals surface area contributed by atoms with Crippen molar-refractivity contribution in [3.63, 3.8) is 0 Å². The van der Waals surface area contributed by atoms with Gasteiger partial charge in [0.25, 0.3) is 0 Å². The van der Waals surface area contributed by atoms with Gasteiger partial charge in [-0.1, -0.05) is 58.8 Å². The van der Waals surface area contributed by atoms with E-state index < -0.39 is 32.5 Å². The molecule has 0 aromatic heterocycles. The fourth-order valence-electron chi connectivity index (χ4n) is 2.57. The number of hydrogen-bond acceptors (Lipinski definition) is 8. The van der Waals surface area contributed by atoms with Crippen LogP contribution in [0.15, 0.2) is 0 Å². The Morgan fingerprint density at radius 1 is 0.867 bits per heavy atom. The predicted molar refractivity (Wildman–Crippen MR) is 114 cm³/mol. The lowest BCUT2D eigenvalue weighted by atomic mass is 10.1. The Bertz CT molecular complexity index is 503. The number of esters is 2. The Labute approximate surface area is 180 Å². The number of hydrogen-bond donors (Lipinski definition) is 2. The minimum atomic E-state index is -4.32. The molecule has 0 bridgehead atoms. The maximum Gasteiger partial charge on any atom is 0.472 e. The summed E-state index contributed by atoms with van der Waals surface area (Å²) in [5.74, 6) is -0.868. The summed E-state index contributed by atoms with van der Waals surface area (Å²) in [6.07, 6.45) is 8.20. The third-order valence-corrected chi connectivity index (χ3v) is 5.23. The van der Waals surface area contributed by atoms with Gasteiger partial charge in [-0.15, -0.1) is 0 Å². The molecule has 0 saturated heterocycles. The zero-order valence-corrected chi connectivity index (χ0v) is 19.4. The number of phosphoric ester groups is 1. The van der Waals surface area contributed by atoms with E-state index in [9.17, 15) is 19.0 Å². The molecule has 0 spiro atoms. The molecule has 30 heavy (non-hydrogen) atoms. The van der Waals surface area contributed by atoms with Crippen LogP contribution in [0.4, 0.5) is 0 Å². The molecule has 0 rings (SSSR count). The van der Waals surface area contributed by atoms with Crippen LogP contribution in [-0.2, 0) is 32.7 Å². The van der Waals surface area contributed by atoms with E-state index >= 15 is 0 Å². The molecule has 0 aromatic carbocycles. The molecule has 2 atom stereocenters. The quantitative estimate of drug-likeness (QED) is 0.160. The van der Waals surface area contributed by atoms with E-state index in [-0.39, 0.29) is 32.6 Å². The van der Waals surface area contributed by atoms with E-state index in [0.717, 1.165) is 51.4 Å². The molecule has 9 nitrogen and oxygen atoms in total. The predicted octanol–water partition coefficient (Wildman–Crippen LogP) is 3.86. The molecular weight excluding hydrogens is 413 g/mol.